The second-order valence-corrected chi connectivity index (χ2v) is 3.80. The van der Waals surface area contributed by atoms with Crippen molar-refractivity contribution in [1.82, 2.24) is 15.5 Å². The molecule has 0 saturated carbocycles. The van der Waals surface area contributed by atoms with Gasteiger partial charge in [0, 0.05) is 18.2 Å². The highest BCUT2D eigenvalue weighted by Gasteiger charge is 2.05. The zero-order valence-electron chi connectivity index (χ0n) is 10.2. The molecule has 5 nitrogen and oxygen atoms in total. The lowest BCUT2D eigenvalue weighted by Gasteiger charge is -2.05. The summed E-state index contributed by atoms with van der Waals surface area (Å²) in [5.41, 5.74) is 0.562. The highest BCUT2D eigenvalue weighted by molar-refractivity contribution is 5.28. The minimum absolute atomic E-state index is 0.302. The maximum Gasteiger partial charge on any atom is 0.240 e. The van der Waals surface area contributed by atoms with Crippen LogP contribution in [0, 0.1) is 12.7 Å². The predicted octanol–water partition coefficient (Wildman–Crippen LogP) is 1.82. The van der Waals surface area contributed by atoms with Gasteiger partial charge in [-0.2, -0.15) is 4.98 Å². The highest BCUT2D eigenvalue weighted by atomic mass is 19.1. The minimum Gasteiger partial charge on any atom is -0.497 e. The molecule has 1 N–H and O–H groups in total. The Labute approximate surface area is 104 Å². The molecule has 0 radical (unpaired) electrons. The van der Waals surface area contributed by atoms with E-state index in [1.807, 2.05) is 0 Å². The van der Waals surface area contributed by atoms with Crippen molar-refractivity contribution < 1.29 is 13.7 Å². The Hall–Kier alpha value is -1.95. The Morgan fingerprint density at radius 2 is 2.22 bits per heavy atom. The lowest BCUT2D eigenvalue weighted by atomic mass is 10.2. The van der Waals surface area contributed by atoms with Crippen LogP contribution in [0.5, 0.6) is 5.75 Å². The van der Waals surface area contributed by atoms with Crippen molar-refractivity contribution in [3.05, 3.63) is 41.3 Å². The first-order valence-corrected chi connectivity index (χ1v) is 5.51. The fraction of sp³-hybridized carbons (Fsp3) is 0.333. The Bertz CT molecular complexity index is 528. The summed E-state index contributed by atoms with van der Waals surface area (Å²) in [5, 5.41) is 6.70. The molecule has 0 amide bonds. The van der Waals surface area contributed by atoms with Crippen molar-refractivity contribution in [2.24, 2.45) is 0 Å². The number of hydrogen-bond acceptors (Lipinski definition) is 5. The molecule has 0 unspecified atom stereocenters. The van der Waals surface area contributed by atoms with Crippen LogP contribution < -0.4 is 10.1 Å². The van der Waals surface area contributed by atoms with Crippen LogP contribution in [0.2, 0.25) is 0 Å². The molecule has 0 aliphatic carbocycles. The average molecular weight is 251 g/mol. The van der Waals surface area contributed by atoms with Crippen LogP contribution in [0.25, 0.3) is 0 Å². The van der Waals surface area contributed by atoms with Crippen molar-refractivity contribution in [3.63, 3.8) is 0 Å². The molecule has 1 aromatic heterocycles. The van der Waals surface area contributed by atoms with Crippen LogP contribution in [0.1, 0.15) is 17.3 Å². The van der Waals surface area contributed by atoms with Crippen molar-refractivity contribution in [2.75, 3.05) is 7.11 Å². The van der Waals surface area contributed by atoms with Crippen molar-refractivity contribution >= 4 is 0 Å². The van der Waals surface area contributed by atoms with Gasteiger partial charge in [0.15, 0.2) is 5.82 Å². The normalized spacial score (nSPS) is 10.6. The van der Waals surface area contributed by atoms with Gasteiger partial charge in [0.1, 0.15) is 11.6 Å². The molecule has 0 spiro atoms. The van der Waals surface area contributed by atoms with Gasteiger partial charge in [-0.25, -0.2) is 4.39 Å². The molecule has 6 heteroatoms. The van der Waals surface area contributed by atoms with Gasteiger partial charge in [-0.3, -0.25) is 0 Å². The number of nitrogens with zero attached hydrogens (tertiary/aromatic N) is 2. The predicted molar refractivity (Wildman–Crippen MR) is 62.5 cm³/mol. The number of benzene rings is 1. The third-order valence-electron chi connectivity index (χ3n) is 2.42. The van der Waals surface area contributed by atoms with E-state index in [0.717, 1.165) is 0 Å². The second kappa shape index (κ2) is 5.59. The molecule has 0 fully saturated rings. The summed E-state index contributed by atoms with van der Waals surface area (Å²) >= 11 is 0. The molecule has 96 valence electrons. The number of halogens is 1. The number of rotatable bonds is 5. The number of methoxy groups -OCH3 is 1. The maximum absolute atomic E-state index is 13.6. The molecular weight excluding hydrogens is 237 g/mol. The van der Waals surface area contributed by atoms with E-state index in [-0.39, 0.29) is 5.82 Å². The number of aryl methyl sites for hydroxylation is 1. The first kappa shape index (κ1) is 12.5. The van der Waals surface area contributed by atoms with Gasteiger partial charge in [0.2, 0.25) is 5.89 Å². The number of ether oxygens (including phenoxy) is 1. The summed E-state index contributed by atoms with van der Waals surface area (Å²) in [5.74, 6) is 1.27. The summed E-state index contributed by atoms with van der Waals surface area (Å²) < 4.78 is 23.5. The molecule has 0 aliphatic rings. The fourth-order valence-corrected chi connectivity index (χ4v) is 1.51. The zero-order chi connectivity index (χ0) is 13.0. The van der Waals surface area contributed by atoms with Crippen LogP contribution in [0.3, 0.4) is 0 Å². The van der Waals surface area contributed by atoms with Crippen molar-refractivity contribution in [1.29, 1.82) is 0 Å². The van der Waals surface area contributed by atoms with Crippen LogP contribution in [-0.2, 0) is 13.1 Å². The molecule has 2 rings (SSSR count). The molecular formula is C12H14FN3O2. The Balaban J connectivity index is 1.90. The average Bonchev–Trinajstić information content (AvgIpc) is 2.77. The third kappa shape index (κ3) is 3.04. The van der Waals surface area contributed by atoms with Crippen LogP contribution in [-0.4, -0.2) is 17.3 Å². The second-order valence-electron chi connectivity index (χ2n) is 3.80. The van der Waals surface area contributed by atoms with E-state index >= 15 is 0 Å². The lowest BCUT2D eigenvalue weighted by Crippen LogP contribution is -2.14. The maximum atomic E-state index is 13.6. The SMILES string of the molecule is COc1ccc(CNCc2nc(C)no2)c(F)c1. The summed E-state index contributed by atoms with van der Waals surface area (Å²) in [6, 6.07) is 4.75. The van der Waals surface area contributed by atoms with Gasteiger partial charge >= 0.3 is 0 Å². The van der Waals surface area contributed by atoms with Crippen molar-refractivity contribution in [3.8, 4) is 5.75 Å². The van der Waals surface area contributed by atoms with E-state index in [0.29, 0.717) is 36.1 Å². The first-order valence-electron chi connectivity index (χ1n) is 5.51. The molecule has 0 bridgehead atoms. The minimum atomic E-state index is -0.302. The quantitative estimate of drug-likeness (QED) is 0.878. The fourth-order valence-electron chi connectivity index (χ4n) is 1.51. The lowest BCUT2D eigenvalue weighted by molar-refractivity contribution is 0.363. The standard InChI is InChI=1S/C12H14FN3O2/c1-8-15-12(18-16-8)7-14-6-9-3-4-10(17-2)5-11(9)13/h3-5,14H,6-7H2,1-2H3. The van der Waals surface area contributed by atoms with Crippen molar-refractivity contribution in [2.45, 2.75) is 20.0 Å². The van der Waals surface area contributed by atoms with E-state index in [1.165, 1.54) is 13.2 Å². The number of aromatic nitrogens is 2. The Morgan fingerprint density at radius 1 is 1.39 bits per heavy atom. The van der Waals surface area contributed by atoms with Gasteiger partial charge in [-0.15, -0.1) is 0 Å². The van der Waals surface area contributed by atoms with E-state index in [2.05, 4.69) is 15.5 Å². The molecule has 1 heterocycles. The van der Waals surface area contributed by atoms with E-state index < -0.39 is 0 Å². The molecule has 0 atom stereocenters. The van der Waals surface area contributed by atoms with Gasteiger partial charge < -0.3 is 14.6 Å². The van der Waals surface area contributed by atoms with Crippen LogP contribution in [0.15, 0.2) is 22.7 Å². The van der Waals surface area contributed by atoms with Crippen LogP contribution in [0.4, 0.5) is 4.39 Å². The Morgan fingerprint density at radius 3 is 2.83 bits per heavy atom. The molecule has 0 saturated heterocycles. The van der Waals surface area contributed by atoms with Gasteiger partial charge in [-0.05, 0) is 13.0 Å². The van der Waals surface area contributed by atoms with Crippen LogP contribution >= 0.6 is 0 Å². The van der Waals surface area contributed by atoms with Gasteiger partial charge in [-0.1, -0.05) is 11.2 Å². The smallest absolute Gasteiger partial charge is 0.240 e. The molecule has 0 aliphatic heterocycles. The number of nitrogens with one attached hydrogen (secondary N) is 1. The largest absolute Gasteiger partial charge is 0.497 e. The summed E-state index contributed by atoms with van der Waals surface area (Å²) in [4.78, 5) is 4.04. The summed E-state index contributed by atoms with van der Waals surface area (Å²) in [6.07, 6.45) is 0. The Kier molecular flexibility index (Phi) is 3.88. The first-order chi connectivity index (χ1) is 8.69. The zero-order valence-corrected chi connectivity index (χ0v) is 10.2. The monoisotopic (exact) mass is 251 g/mol. The number of hydrogen-bond donors (Lipinski definition) is 1. The van der Waals surface area contributed by atoms with E-state index in [4.69, 9.17) is 9.26 Å². The summed E-state index contributed by atoms with van der Waals surface area (Å²) in [7, 11) is 1.50. The highest BCUT2D eigenvalue weighted by Crippen LogP contribution is 2.16. The summed E-state index contributed by atoms with van der Waals surface area (Å²) in [6.45, 7) is 2.54. The van der Waals surface area contributed by atoms with Gasteiger partial charge in [0.25, 0.3) is 0 Å². The van der Waals surface area contributed by atoms with Gasteiger partial charge in [0.05, 0.1) is 13.7 Å². The molecule has 18 heavy (non-hydrogen) atoms. The van der Waals surface area contributed by atoms with E-state index in [1.54, 1.807) is 19.1 Å². The topological polar surface area (TPSA) is 60.2 Å². The molecule has 2 aromatic rings. The third-order valence-corrected chi connectivity index (χ3v) is 2.42. The van der Waals surface area contributed by atoms with E-state index in [9.17, 15) is 4.39 Å². The molecule has 1 aromatic carbocycles.